The maximum atomic E-state index is 13.1. The van der Waals surface area contributed by atoms with E-state index < -0.39 is 10.0 Å². The van der Waals surface area contributed by atoms with E-state index in [0.717, 1.165) is 16.8 Å². The van der Waals surface area contributed by atoms with Gasteiger partial charge in [-0.1, -0.05) is 29.4 Å². The molecule has 2 aromatic carbocycles. The molecule has 0 aliphatic carbocycles. The van der Waals surface area contributed by atoms with Crippen molar-refractivity contribution >= 4 is 15.7 Å². The summed E-state index contributed by atoms with van der Waals surface area (Å²) in [5.74, 6) is 1.14. The lowest BCUT2D eigenvalue weighted by atomic mass is 10.1. The summed E-state index contributed by atoms with van der Waals surface area (Å²) in [6.45, 7) is 3.73. The van der Waals surface area contributed by atoms with Crippen LogP contribution >= 0.6 is 0 Å². The molecule has 148 valence electrons. The lowest BCUT2D eigenvalue weighted by Crippen LogP contribution is -2.15. The van der Waals surface area contributed by atoms with Gasteiger partial charge in [-0.25, -0.2) is 8.42 Å². The molecule has 0 unspecified atom stereocenters. The normalized spacial score (nSPS) is 11.5. The molecule has 7 nitrogen and oxygen atoms in total. The van der Waals surface area contributed by atoms with Crippen LogP contribution in [-0.2, 0) is 16.4 Å². The molecular formula is C21H19N3O4S. The maximum Gasteiger partial charge on any atom is 0.262 e. The molecule has 2 aromatic heterocycles. The predicted octanol–water partition coefficient (Wildman–Crippen LogP) is 4.67. The summed E-state index contributed by atoms with van der Waals surface area (Å²) in [7, 11) is -3.79. The van der Waals surface area contributed by atoms with Gasteiger partial charge in [-0.3, -0.25) is 4.72 Å². The van der Waals surface area contributed by atoms with Crippen molar-refractivity contribution in [1.82, 2.24) is 10.3 Å². The number of hydrogen-bond acceptors (Lipinski definition) is 6. The van der Waals surface area contributed by atoms with Crippen molar-refractivity contribution in [1.29, 1.82) is 0 Å². The smallest absolute Gasteiger partial charge is 0.262 e. The first kappa shape index (κ1) is 18.9. The Morgan fingerprint density at radius 3 is 2.31 bits per heavy atom. The SMILES string of the molecule is CCc1ccc(-c2cc(C)no2)cc1S(=O)(=O)Nc1ccc(-c2ccno2)cc1. The van der Waals surface area contributed by atoms with E-state index in [0.29, 0.717) is 29.2 Å². The van der Waals surface area contributed by atoms with Crippen LogP contribution < -0.4 is 4.72 Å². The summed E-state index contributed by atoms with van der Waals surface area (Å²) < 4.78 is 39.2. The van der Waals surface area contributed by atoms with E-state index in [9.17, 15) is 8.42 Å². The summed E-state index contributed by atoms with van der Waals surface area (Å²) in [6.07, 6.45) is 2.14. The van der Waals surface area contributed by atoms with Crippen LogP contribution in [0.4, 0.5) is 5.69 Å². The number of nitrogens with one attached hydrogen (secondary N) is 1. The quantitative estimate of drug-likeness (QED) is 0.497. The molecule has 0 amide bonds. The molecule has 0 atom stereocenters. The van der Waals surface area contributed by atoms with Crippen molar-refractivity contribution in [2.45, 2.75) is 25.2 Å². The molecule has 0 bridgehead atoms. The molecule has 0 radical (unpaired) electrons. The Hall–Kier alpha value is -3.39. The fourth-order valence-corrected chi connectivity index (χ4v) is 4.42. The minimum absolute atomic E-state index is 0.214. The van der Waals surface area contributed by atoms with E-state index >= 15 is 0 Å². The topological polar surface area (TPSA) is 98.2 Å². The number of sulfonamides is 1. The Bertz CT molecular complexity index is 1230. The Kier molecular flexibility index (Phi) is 4.94. The van der Waals surface area contributed by atoms with Crippen molar-refractivity contribution in [3.05, 3.63) is 72.1 Å². The van der Waals surface area contributed by atoms with Gasteiger partial charge in [0.2, 0.25) is 0 Å². The van der Waals surface area contributed by atoms with E-state index in [-0.39, 0.29) is 4.90 Å². The third kappa shape index (κ3) is 3.93. The van der Waals surface area contributed by atoms with Gasteiger partial charge in [-0.15, -0.1) is 0 Å². The van der Waals surface area contributed by atoms with Gasteiger partial charge in [0.25, 0.3) is 10.0 Å². The molecule has 4 aromatic rings. The predicted molar refractivity (Wildman–Crippen MR) is 109 cm³/mol. The first-order valence-corrected chi connectivity index (χ1v) is 10.5. The minimum atomic E-state index is -3.79. The van der Waals surface area contributed by atoms with E-state index in [2.05, 4.69) is 15.0 Å². The summed E-state index contributed by atoms with van der Waals surface area (Å²) in [5, 5.41) is 7.55. The van der Waals surface area contributed by atoms with Crippen molar-refractivity contribution in [3.8, 4) is 22.6 Å². The van der Waals surface area contributed by atoms with Crippen LogP contribution in [0.5, 0.6) is 0 Å². The zero-order valence-corrected chi connectivity index (χ0v) is 16.7. The number of nitrogens with zero attached hydrogens (tertiary/aromatic N) is 2. The third-order valence-electron chi connectivity index (χ3n) is 4.51. The van der Waals surface area contributed by atoms with Crippen LogP contribution in [0.2, 0.25) is 0 Å². The molecule has 0 aliphatic rings. The van der Waals surface area contributed by atoms with Gasteiger partial charge >= 0.3 is 0 Å². The molecular weight excluding hydrogens is 390 g/mol. The van der Waals surface area contributed by atoms with E-state index in [1.165, 1.54) is 0 Å². The van der Waals surface area contributed by atoms with E-state index in [1.807, 2.05) is 19.9 Å². The zero-order valence-electron chi connectivity index (χ0n) is 15.9. The van der Waals surface area contributed by atoms with E-state index in [1.54, 1.807) is 54.7 Å². The second-order valence-electron chi connectivity index (χ2n) is 6.57. The first-order chi connectivity index (χ1) is 14.0. The van der Waals surface area contributed by atoms with Crippen LogP contribution in [0.15, 0.2) is 74.7 Å². The highest BCUT2D eigenvalue weighted by Crippen LogP contribution is 2.28. The van der Waals surface area contributed by atoms with E-state index in [4.69, 9.17) is 9.05 Å². The Balaban J connectivity index is 1.65. The molecule has 1 N–H and O–H groups in total. The monoisotopic (exact) mass is 409 g/mol. The maximum absolute atomic E-state index is 13.1. The van der Waals surface area contributed by atoms with Crippen LogP contribution in [0.3, 0.4) is 0 Å². The molecule has 2 heterocycles. The molecule has 8 heteroatoms. The van der Waals surface area contributed by atoms with Crippen LogP contribution in [0.25, 0.3) is 22.6 Å². The average Bonchev–Trinajstić information content (AvgIpc) is 3.40. The Morgan fingerprint density at radius 1 is 0.931 bits per heavy atom. The van der Waals surface area contributed by atoms with Gasteiger partial charge in [-0.05, 0) is 49.2 Å². The number of rotatable bonds is 6. The number of benzene rings is 2. The highest BCUT2D eigenvalue weighted by Gasteiger charge is 2.20. The number of aromatic nitrogens is 2. The molecule has 29 heavy (non-hydrogen) atoms. The molecule has 0 spiro atoms. The van der Waals surface area contributed by atoms with Crippen molar-refractivity contribution in [2.24, 2.45) is 0 Å². The minimum Gasteiger partial charge on any atom is -0.356 e. The standard InChI is InChI=1S/C21H19N3O4S/c1-3-15-4-5-17(20-12-14(2)23-28-20)13-21(15)29(25,26)24-18-8-6-16(7-9-18)19-10-11-22-27-19/h4-13,24H,3H2,1-2H3. The molecule has 0 fully saturated rings. The molecule has 0 saturated carbocycles. The van der Waals surface area contributed by atoms with Gasteiger partial charge in [0, 0.05) is 28.9 Å². The Labute approximate surface area is 168 Å². The first-order valence-electron chi connectivity index (χ1n) is 9.07. The second-order valence-corrected chi connectivity index (χ2v) is 8.22. The van der Waals surface area contributed by atoms with Crippen LogP contribution in [0.1, 0.15) is 18.2 Å². The number of hydrogen-bond donors (Lipinski definition) is 1. The average molecular weight is 409 g/mol. The largest absolute Gasteiger partial charge is 0.356 e. The molecule has 0 aliphatic heterocycles. The number of aryl methyl sites for hydroxylation is 2. The molecule has 0 saturated heterocycles. The summed E-state index contributed by atoms with van der Waals surface area (Å²) >= 11 is 0. The van der Waals surface area contributed by atoms with Gasteiger partial charge in [-0.2, -0.15) is 0 Å². The van der Waals surface area contributed by atoms with Crippen LogP contribution in [-0.4, -0.2) is 18.7 Å². The fraction of sp³-hybridized carbons (Fsp3) is 0.143. The van der Waals surface area contributed by atoms with Gasteiger partial charge in [0.05, 0.1) is 16.8 Å². The fourth-order valence-electron chi connectivity index (χ4n) is 3.03. The van der Waals surface area contributed by atoms with Gasteiger partial charge in [0.1, 0.15) is 0 Å². The van der Waals surface area contributed by atoms with Gasteiger partial charge in [0.15, 0.2) is 11.5 Å². The van der Waals surface area contributed by atoms with Crippen molar-refractivity contribution in [2.75, 3.05) is 4.72 Å². The lowest BCUT2D eigenvalue weighted by molar-refractivity contribution is 0.427. The number of anilines is 1. The third-order valence-corrected chi connectivity index (χ3v) is 5.97. The van der Waals surface area contributed by atoms with Crippen LogP contribution in [0, 0.1) is 6.92 Å². The van der Waals surface area contributed by atoms with Crippen molar-refractivity contribution in [3.63, 3.8) is 0 Å². The van der Waals surface area contributed by atoms with Crippen molar-refractivity contribution < 1.29 is 17.5 Å². The van der Waals surface area contributed by atoms with Gasteiger partial charge < -0.3 is 9.05 Å². The second kappa shape index (κ2) is 7.56. The summed E-state index contributed by atoms with van der Waals surface area (Å²) in [5.41, 5.74) is 3.37. The molecule has 4 rings (SSSR count). The zero-order chi connectivity index (χ0) is 20.4. The summed E-state index contributed by atoms with van der Waals surface area (Å²) in [6, 6.07) is 15.7. The Morgan fingerprint density at radius 2 is 1.69 bits per heavy atom. The summed E-state index contributed by atoms with van der Waals surface area (Å²) in [4.78, 5) is 0.214. The highest BCUT2D eigenvalue weighted by atomic mass is 32.2. The highest BCUT2D eigenvalue weighted by molar-refractivity contribution is 7.92. The lowest BCUT2D eigenvalue weighted by Gasteiger charge is -2.13.